The molecule has 56 heavy (non-hydrogen) atoms. The Morgan fingerprint density at radius 2 is 1.80 bits per heavy atom. The molecule has 7 rings (SSSR count). The molecular weight excluding hydrogens is 712 g/mol. The molecule has 3 saturated carbocycles. The van der Waals surface area contributed by atoms with Crippen molar-refractivity contribution in [1.82, 2.24) is 0 Å². The van der Waals surface area contributed by atoms with Crippen LogP contribution >= 0.6 is 0 Å². The van der Waals surface area contributed by atoms with Crippen molar-refractivity contribution in [2.45, 2.75) is 133 Å². The molecular formula is C46H58O10. The van der Waals surface area contributed by atoms with Gasteiger partial charge in [-0.2, -0.15) is 0 Å². The highest BCUT2D eigenvalue weighted by Gasteiger charge is 2.81. The van der Waals surface area contributed by atoms with Crippen molar-refractivity contribution in [1.29, 1.82) is 0 Å². The lowest BCUT2D eigenvalue weighted by molar-refractivity contribution is -0.152. The average molecular weight is 771 g/mol. The Kier molecular flexibility index (Phi) is 12.3. The SMILES string of the molecule is C[C@]12CCC(=O)C=C1CC[C@@H]1C2=CC[C@]23O[C@]2(C(=O)COC(=O)CCOC(=O)CCC/C=C\C[C@@H]2[C@@H](/C=C/[C@@H](O)CCc4ccccc4)[C@H](O)C[C@@H]2O)CC[C@@H]13. The number of Topliss-reactive ketones (excluding diaryl/α,β-unsaturated/α-hetero) is 1. The molecule has 10 nitrogen and oxygen atoms in total. The number of ketones is 2. The van der Waals surface area contributed by atoms with Gasteiger partial charge in [0.25, 0.3) is 0 Å². The minimum absolute atomic E-state index is 0.0800. The van der Waals surface area contributed by atoms with Crippen LogP contribution in [-0.4, -0.2) is 81.6 Å². The molecule has 3 N–H and O–H groups in total. The maximum absolute atomic E-state index is 13.5. The van der Waals surface area contributed by atoms with Crippen molar-refractivity contribution < 1.29 is 48.7 Å². The van der Waals surface area contributed by atoms with E-state index in [0.29, 0.717) is 57.3 Å². The molecule has 10 heteroatoms. The summed E-state index contributed by atoms with van der Waals surface area (Å²) in [6, 6.07) is 9.97. The number of allylic oxidation sites excluding steroid dienone is 5. The van der Waals surface area contributed by atoms with Gasteiger partial charge in [0.2, 0.25) is 5.78 Å². The van der Waals surface area contributed by atoms with Gasteiger partial charge in [0.05, 0.1) is 24.7 Å². The molecule has 1 spiro atoms. The van der Waals surface area contributed by atoms with Crippen LogP contribution in [0.1, 0.15) is 102 Å². The van der Waals surface area contributed by atoms with Crippen molar-refractivity contribution in [3.8, 4) is 0 Å². The van der Waals surface area contributed by atoms with Gasteiger partial charge in [0.15, 0.2) is 18.0 Å². The van der Waals surface area contributed by atoms with E-state index in [4.69, 9.17) is 14.2 Å². The lowest BCUT2D eigenvalue weighted by atomic mass is 9.54. The van der Waals surface area contributed by atoms with Gasteiger partial charge in [-0.3, -0.25) is 19.2 Å². The Labute approximate surface area is 330 Å². The van der Waals surface area contributed by atoms with Gasteiger partial charge in [-0.25, -0.2) is 0 Å². The molecule has 6 aliphatic rings. The van der Waals surface area contributed by atoms with Crippen LogP contribution in [0.15, 0.2) is 77.9 Å². The molecule has 1 aromatic carbocycles. The number of aryl methyl sites for hydroxylation is 1. The molecule has 4 fully saturated rings. The molecule has 0 bridgehead atoms. The summed E-state index contributed by atoms with van der Waals surface area (Å²) in [7, 11) is 0. The van der Waals surface area contributed by atoms with E-state index in [2.05, 4.69) is 13.0 Å². The Hall–Kier alpha value is -3.70. The highest BCUT2D eigenvalue weighted by atomic mass is 16.6. The maximum Gasteiger partial charge on any atom is 0.309 e. The molecule has 5 aliphatic carbocycles. The monoisotopic (exact) mass is 770 g/mol. The van der Waals surface area contributed by atoms with Crippen molar-refractivity contribution in [3.05, 3.63) is 83.5 Å². The lowest BCUT2D eigenvalue weighted by Gasteiger charge is -2.50. The van der Waals surface area contributed by atoms with Crippen LogP contribution in [0.5, 0.6) is 0 Å². The quantitative estimate of drug-likeness (QED) is 0.0741. The lowest BCUT2D eigenvalue weighted by Crippen LogP contribution is -2.45. The molecule has 1 aromatic rings. The van der Waals surface area contributed by atoms with E-state index in [1.807, 2.05) is 54.6 Å². The van der Waals surface area contributed by atoms with Crippen molar-refractivity contribution in [2.24, 2.45) is 29.1 Å². The highest BCUT2D eigenvalue weighted by molar-refractivity contribution is 5.95. The topological polar surface area (TPSA) is 160 Å². The molecule has 0 amide bonds. The summed E-state index contributed by atoms with van der Waals surface area (Å²) < 4.78 is 16.9. The molecule has 0 aromatic heterocycles. The number of carbonyl (C=O) groups excluding carboxylic acids is 4. The first-order valence-electron chi connectivity index (χ1n) is 20.9. The van der Waals surface area contributed by atoms with Gasteiger partial charge in [-0.15, -0.1) is 0 Å². The highest BCUT2D eigenvalue weighted by Crippen LogP contribution is 2.72. The number of aliphatic hydroxyl groups excluding tert-OH is 3. The third-order valence-electron chi connectivity index (χ3n) is 13.9. The van der Waals surface area contributed by atoms with E-state index >= 15 is 0 Å². The summed E-state index contributed by atoms with van der Waals surface area (Å²) in [5, 5.41) is 31.6. The summed E-state index contributed by atoms with van der Waals surface area (Å²) >= 11 is 0. The standard InChI is InChI=1S/C46H58O10/c1-44-23-19-33(48)27-31(44)14-17-36-37(44)20-24-45-38(36)21-25-46(45,56-45)41(51)29-55-43(53)22-26-54-42(52)12-8-3-2-7-11-34-35(40(50)28-39(34)49)18-16-32(47)15-13-30-9-5-4-6-10-30/h2,4-7,9-10,16,18,20,27,32,34-36,38-40,47,49-50H,3,8,11-15,17,19,21-26,28-29H2,1H3/b7-2-,18-16+/t32-,34+,35+,36+,38-,39-,40+,44-,45+,46-/m0/s1. The fourth-order valence-electron chi connectivity index (χ4n) is 10.8. The van der Waals surface area contributed by atoms with Crippen LogP contribution in [0.25, 0.3) is 0 Å². The van der Waals surface area contributed by atoms with Crippen LogP contribution < -0.4 is 0 Å². The summed E-state index contributed by atoms with van der Waals surface area (Å²) in [4.78, 5) is 50.4. The number of rotatable bonds is 17. The maximum atomic E-state index is 13.5. The van der Waals surface area contributed by atoms with Gasteiger partial charge in [0, 0.05) is 30.6 Å². The van der Waals surface area contributed by atoms with Gasteiger partial charge < -0.3 is 29.5 Å². The van der Waals surface area contributed by atoms with Crippen LogP contribution in [0, 0.1) is 29.1 Å². The number of ether oxygens (including phenoxy) is 3. The first-order chi connectivity index (χ1) is 27.0. The molecule has 302 valence electrons. The van der Waals surface area contributed by atoms with Crippen molar-refractivity contribution in [2.75, 3.05) is 13.2 Å². The van der Waals surface area contributed by atoms with E-state index in [9.17, 15) is 34.5 Å². The summed E-state index contributed by atoms with van der Waals surface area (Å²) in [6.07, 6.45) is 18.6. The first-order valence-corrected chi connectivity index (χ1v) is 20.9. The minimum Gasteiger partial charge on any atom is -0.465 e. The number of unbranched alkanes of at least 4 members (excludes halogenated alkanes) is 1. The number of carbonyl (C=O) groups is 4. The number of benzene rings is 1. The number of epoxide rings is 1. The number of fused-ring (bicyclic) bond motifs is 4. The largest absolute Gasteiger partial charge is 0.465 e. The average Bonchev–Trinajstić information content (AvgIpc) is 3.58. The van der Waals surface area contributed by atoms with Gasteiger partial charge in [-0.05, 0) is 100 Å². The Bertz CT molecular complexity index is 1760. The number of hydrogen-bond donors (Lipinski definition) is 3. The molecule has 0 radical (unpaired) electrons. The molecule has 1 aliphatic heterocycles. The summed E-state index contributed by atoms with van der Waals surface area (Å²) in [5.41, 5.74) is 2.32. The molecule has 1 heterocycles. The van der Waals surface area contributed by atoms with Gasteiger partial charge in [0.1, 0.15) is 12.2 Å². The van der Waals surface area contributed by atoms with Crippen LogP contribution in [0.2, 0.25) is 0 Å². The smallest absolute Gasteiger partial charge is 0.309 e. The van der Waals surface area contributed by atoms with Gasteiger partial charge in [-0.1, -0.05) is 78.8 Å². The first kappa shape index (κ1) is 40.5. The number of hydrogen-bond acceptors (Lipinski definition) is 10. The predicted octanol–water partition coefficient (Wildman–Crippen LogP) is 6.01. The fourth-order valence-corrected chi connectivity index (χ4v) is 10.8. The summed E-state index contributed by atoms with van der Waals surface area (Å²) in [5.74, 6) is -0.818. The normalized spacial score (nSPS) is 34.9. The van der Waals surface area contributed by atoms with Gasteiger partial charge >= 0.3 is 11.9 Å². The second kappa shape index (κ2) is 17.0. The fraction of sp³-hybridized carbons (Fsp3) is 0.609. The number of esters is 2. The van der Waals surface area contributed by atoms with E-state index in [1.54, 1.807) is 6.08 Å². The number of aliphatic hydroxyl groups is 3. The third kappa shape index (κ3) is 8.17. The molecule has 10 atom stereocenters. The minimum atomic E-state index is -0.899. The predicted molar refractivity (Wildman–Crippen MR) is 208 cm³/mol. The molecule has 1 saturated heterocycles. The van der Waals surface area contributed by atoms with Crippen molar-refractivity contribution >= 4 is 23.5 Å². The van der Waals surface area contributed by atoms with E-state index < -0.39 is 41.5 Å². The van der Waals surface area contributed by atoms with E-state index in [0.717, 1.165) is 37.7 Å². The second-order valence-electron chi connectivity index (χ2n) is 17.2. The van der Waals surface area contributed by atoms with Crippen LogP contribution in [0.4, 0.5) is 0 Å². The van der Waals surface area contributed by atoms with Crippen LogP contribution in [-0.2, 0) is 39.8 Å². The summed E-state index contributed by atoms with van der Waals surface area (Å²) in [6.45, 7) is 1.79. The zero-order valence-electron chi connectivity index (χ0n) is 32.6. The van der Waals surface area contributed by atoms with Crippen LogP contribution in [0.3, 0.4) is 0 Å². The van der Waals surface area contributed by atoms with E-state index in [1.165, 1.54) is 11.1 Å². The van der Waals surface area contributed by atoms with Crippen molar-refractivity contribution in [3.63, 3.8) is 0 Å². The zero-order chi connectivity index (χ0) is 39.5. The Balaban J connectivity index is 0.772. The zero-order valence-corrected chi connectivity index (χ0v) is 32.6. The van der Waals surface area contributed by atoms with E-state index in [-0.39, 0.29) is 60.8 Å². The second-order valence-corrected chi connectivity index (χ2v) is 17.2. The Morgan fingerprint density at radius 1 is 1.00 bits per heavy atom. The Morgan fingerprint density at radius 3 is 2.62 bits per heavy atom. The third-order valence-corrected chi connectivity index (χ3v) is 13.9. The molecule has 0 unspecified atom stereocenters.